The van der Waals surface area contributed by atoms with Gasteiger partial charge in [-0.15, -0.1) is 0 Å². The van der Waals surface area contributed by atoms with E-state index in [1.807, 2.05) is 0 Å². The Morgan fingerprint density at radius 3 is 2.31 bits per heavy atom. The molecule has 0 amide bonds. The minimum atomic E-state index is -4.76. The summed E-state index contributed by atoms with van der Waals surface area (Å²) >= 11 is 0. The Kier molecular flexibility index (Phi) is 3.06. The van der Waals surface area contributed by atoms with E-state index in [2.05, 4.69) is 4.74 Å². The van der Waals surface area contributed by atoms with Crippen molar-refractivity contribution >= 4 is 5.97 Å². The zero-order valence-corrected chi connectivity index (χ0v) is 7.93. The van der Waals surface area contributed by atoms with E-state index in [1.165, 1.54) is 0 Å². The number of hydrogen-bond donors (Lipinski definition) is 1. The van der Waals surface area contributed by atoms with E-state index in [1.54, 1.807) is 0 Å². The normalized spacial score (nSPS) is 11.3. The Morgan fingerprint density at radius 1 is 1.38 bits per heavy atom. The molecule has 7 heteroatoms. The van der Waals surface area contributed by atoms with Gasteiger partial charge in [0.05, 0.1) is 18.2 Å². The van der Waals surface area contributed by atoms with E-state index in [0.717, 1.165) is 7.11 Å². The maximum absolute atomic E-state index is 13.2. The van der Waals surface area contributed by atoms with Crippen LogP contribution in [0.25, 0.3) is 0 Å². The molecule has 1 aromatic carbocycles. The van der Waals surface area contributed by atoms with E-state index in [9.17, 15) is 22.4 Å². The zero-order valence-electron chi connectivity index (χ0n) is 7.93. The first-order valence-corrected chi connectivity index (χ1v) is 3.95. The largest absolute Gasteiger partial charge is 0.494 e. The van der Waals surface area contributed by atoms with Crippen LogP contribution in [0.1, 0.15) is 15.9 Å². The van der Waals surface area contributed by atoms with Gasteiger partial charge in [0.15, 0.2) is 11.6 Å². The highest BCUT2D eigenvalue weighted by atomic mass is 19.4. The number of aromatic carboxylic acids is 1. The molecule has 0 radical (unpaired) electrons. The highest BCUT2D eigenvalue weighted by molar-refractivity contribution is 5.88. The van der Waals surface area contributed by atoms with E-state index in [-0.39, 0.29) is 6.07 Å². The van der Waals surface area contributed by atoms with Gasteiger partial charge in [0.1, 0.15) is 0 Å². The van der Waals surface area contributed by atoms with E-state index < -0.39 is 34.8 Å². The van der Waals surface area contributed by atoms with Crippen LogP contribution in [0.15, 0.2) is 12.1 Å². The van der Waals surface area contributed by atoms with Gasteiger partial charge in [0.25, 0.3) is 0 Å². The van der Waals surface area contributed by atoms with Gasteiger partial charge in [0.2, 0.25) is 0 Å². The molecule has 1 N–H and O–H groups in total. The van der Waals surface area contributed by atoms with E-state index in [0.29, 0.717) is 6.07 Å². The van der Waals surface area contributed by atoms with Crippen LogP contribution >= 0.6 is 0 Å². The van der Waals surface area contributed by atoms with E-state index in [4.69, 9.17) is 5.11 Å². The molecule has 0 saturated carbocycles. The van der Waals surface area contributed by atoms with Crippen LogP contribution in [0.2, 0.25) is 0 Å². The fraction of sp³-hybridized carbons (Fsp3) is 0.222. The second kappa shape index (κ2) is 3.99. The van der Waals surface area contributed by atoms with Crippen molar-refractivity contribution in [3.63, 3.8) is 0 Å². The summed E-state index contributed by atoms with van der Waals surface area (Å²) in [5.74, 6) is -3.88. The maximum Gasteiger partial charge on any atom is 0.416 e. The van der Waals surface area contributed by atoms with Gasteiger partial charge in [-0.05, 0) is 12.1 Å². The molecule has 0 heterocycles. The first kappa shape index (κ1) is 12.3. The molecule has 0 spiro atoms. The molecule has 0 fully saturated rings. The summed E-state index contributed by atoms with van der Waals surface area (Å²) in [4.78, 5) is 10.5. The number of benzene rings is 1. The smallest absolute Gasteiger partial charge is 0.416 e. The van der Waals surface area contributed by atoms with Crippen molar-refractivity contribution < 1.29 is 32.2 Å². The lowest BCUT2D eigenvalue weighted by molar-refractivity contribution is -0.137. The lowest BCUT2D eigenvalue weighted by Gasteiger charge is -2.11. The summed E-state index contributed by atoms with van der Waals surface area (Å²) in [5, 5.41) is 8.51. The van der Waals surface area contributed by atoms with Crippen LogP contribution in [0.5, 0.6) is 5.75 Å². The summed E-state index contributed by atoms with van der Waals surface area (Å²) < 4.78 is 54.5. The molecule has 0 aliphatic rings. The zero-order chi connectivity index (χ0) is 12.5. The predicted octanol–water partition coefficient (Wildman–Crippen LogP) is 2.55. The van der Waals surface area contributed by atoms with Crippen LogP contribution in [0.3, 0.4) is 0 Å². The first-order valence-electron chi connectivity index (χ1n) is 3.95. The molecular weight excluding hydrogens is 232 g/mol. The fourth-order valence-corrected chi connectivity index (χ4v) is 1.07. The standard InChI is InChI=1S/C9H6F4O3/c1-16-6-3-4(9(11,12)13)2-5(7(6)10)8(14)15/h2-3H,1H3,(H,14,15). The molecule has 0 bridgehead atoms. The van der Waals surface area contributed by atoms with Gasteiger partial charge in [-0.1, -0.05) is 0 Å². The van der Waals surface area contributed by atoms with Gasteiger partial charge < -0.3 is 9.84 Å². The van der Waals surface area contributed by atoms with Crippen LogP contribution < -0.4 is 4.74 Å². The van der Waals surface area contributed by atoms with Crippen LogP contribution in [-0.2, 0) is 6.18 Å². The van der Waals surface area contributed by atoms with Crippen molar-refractivity contribution in [3.8, 4) is 5.75 Å². The number of rotatable bonds is 2. The summed E-state index contributed by atoms with van der Waals surface area (Å²) in [6.07, 6.45) is -4.76. The van der Waals surface area contributed by atoms with Crippen LogP contribution in [0.4, 0.5) is 17.6 Å². The van der Waals surface area contributed by atoms with Gasteiger partial charge in [-0.3, -0.25) is 0 Å². The van der Waals surface area contributed by atoms with Crippen molar-refractivity contribution in [2.45, 2.75) is 6.18 Å². The second-order valence-electron chi connectivity index (χ2n) is 2.84. The van der Waals surface area contributed by atoms with Crippen molar-refractivity contribution in [1.29, 1.82) is 0 Å². The average molecular weight is 238 g/mol. The molecule has 0 atom stereocenters. The number of methoxy groups -OCH3 is 1. The lowest BCUT2D eigenvalue weighted by Crippen LogP contribution is -2.10. The third kappa shape index (κ3) is 2.23. The Bertz CT molecular complexity index is 425. The van der Waals surface area contributed by atoms with Gasteiger partial charge >= 0.3 is 12.1 Å². The monoisotopic (exact) mass is 238 g/mol. The van der Waals surface area contributed by atoms with Crippen LogP contribution in [-0.4, -0.2) is 18.2 Å². The highest BCUT2D eigenvalue weighted by Crippen LogP contribution is 2.34. The van der Waals surface area contributed by atoms with Crippen LogP contribution in [0, 0.1) is 5.82 Å². The van der Waals surface area contributed by atoms with Gasteiger partial charge in [0, 0.05) is 0 Å². The molecule has 0 unspecified atom stereocenters. The Hall–Kier alpha value is -1.79. The first-order chi connectivity index (χ1) is 7.27. The molecule has 0 aliphatic heterocycles. The van der Waals surface area contributed by atoms with Crippen molar-refractivity contribution in [2.75, 3.05) is 7.11 Å². The second-order valence-corrected chi connectivity index (χ2v) is 2.84. The molecule has 0 saturated heterocycles. The lowest BCUT2D eigenvalue weighted by atomic mass is 10.1. The molecule has 0 aliphatic carbocycles. The quantitative estimate of drug-likeness (QED) is 0.805. The number of alkyl halides is 3. The number of carboxylic acid groups (broad SMARTS) is 1. The van der Waals surface area contributed by atoms with Gasteiger partial charge in [-0.2, -0.15) is 13.2 Å². The molecule has 3 nitrogen and oxygen atoms in total. The maximum atomic E-state index is 13.2. The Labute approximate surface area is 87.3 Å². The number of hydrogen-bond acceptors (Lipinski definition) is 2. The number of halogens is 4. The molecule has 1 rings (SSSR count). The summed E-state index contributed by atoms with van der Waals surface area (Å²) in [6.45, 7) is 0. The third-order valence-corrected chi connectivity index (χ3v) is 1.82. The summed E-state index contributed by atoms with van der Waals surface area (Å²) in [6, 6.07) is 0.627. The van der Waals surface area contributed by atoms with Crippen molar-refractivity contribution in [1.82, 2.24) is 0 Å². The number of carboxylic acids is 1. The molecule has 0 aromatic heterocycles. The molecule has 16 heavy (non-hydrogen) atoms. The van der Waals surface area contributed by atoms with Crippen molar-refractivity contribution in [2.24, 2.45) is 0 Å². The average Bonchev–Trinajstić information content (AvgIpc) is 2.15. The highest BCUT2D eigenvalue weighted by Gasteiger charge is 2.33. The van der Waals surface area contributed by atoms with E-state index >= 15 is 0 Å². The predicted molar refractivity (Wildman–Crippen MR) is 44.9 cm³/mol. The Morgan fingerprint density at radius 2 is 1.94 bits per heavy atom. The summed E-state index contributed by atoms with van der Waals surface area (Å²) in [5.41, 5.74) is -2.35. The minimum absolute atomic E-state index is 0.222. The topological polar surface area (TPSA) is 46.5 Å². The molecule has 88 valence electrons. The third-order valence-electron chi connectivity index (χ3n) is 1.82. The Balaban J connectivity index is 3.46. The van der Waals surface area contributed by atoms with Gasteiger partial charge in [-0.25, -0.2) is 9.18 Å². The molecular formula is C9H6F4O3. The number of carbonyl (C=O) groups is 1. The molecule has 1 aromatic rings. The number of ether oxygens (including phenoxy) is 1. The minimum Gasteiger partial charge on any atom is -0.494 e. The SMILES string of the molecule is COc1cc(C(F)(F)F)cc(C(=O)O)c1F. The van der Waals surface area contributed by atoms with Crippen molar-refractivity contribution in [3.05, 3.63) is 29.1 Å². The summed E-state index contributed by atoms with van der Waals surface area (Å²) in [7, 11) is 0.949. The fourth-order valence-electron chi connectivity index (χ4n) is 1.07.